The molecule has 114 valence electrons. The molecule has 1 aliphatic rings. The van der Waals surface area contributed by atoms with Crippen molar-refractivity contribution < 1.29 is 24.5 Å². The zero-order valence-corrected chi connectivity index (χ0v) is 12.0. The van der Waals surface area contributed by atoms with Crippen LogP contribution in [0.15, 0.2) is 30.3 Å². The van der Waals surface area contributed by atoms with Crippen LogP contribution in [0, 0.1) is 0 Å². The van der Waals surface area contributed by atoms with E-state index in [2.05, 4.69) is 5.32 Å². The van der Waals surface area contributed by atoms with E-state index in [4.69, 9.17) is 4.74 Å². The molecule has 3 aromatic carbocycles. The summed E-state index contributed by atoms with van der Waals surface area (Å²) in [6, 6.07) is 9.18. The van der Waals surface area contributed by atoms with Crippen LogP contribution in [-0.4, -0.2) is 29.2 Å². The number of amides is 1. The third-order valence-electron chi connectivity index (χ3n) is 4.12. The van der Waals surface area contributed by atoms with Gasteiger partial charge < -0.3 is 20.3 Å². The molecule has 1 aliphatic heterocycles. The normalized spacial score (nSPS) is 12.7. The number of nitrogens with one attached hydrogen (secondary N) is 1. The first kappa shape index (κ1) is 13.4. The Kier molecular flexibility index (Phi) is 2.54. The molecule has 6 heteroatoms. The summed E-state index contributed by atoms with van der Waals surface area (Å²) in [7, 11) is 1.36. The van der Waals surface area contributed by atoms with Gasteiger partial charge in [0.2, 0.25) is 0 Å². The summed E-state index contributed by atoms with van der Waals surface area (Å²) in [4.78, 5) is 23.8. The number of methoxy groups -OCH3 is 1. The maximum Gasteiger partial charge on any atom is 0.340 e. The van der Waals surface area contributed by atoms with Crippen molar-refractivity contribution in [3.05, 3.63) is 41.5 Å². The maximum atomic E-state index is 12.3. The molecule has 23 heavy (non-hydrogen) atoms. The highest BCUT2D eigenvalue weighted by molar-refractivity contribution is 6.33. The minimum Gasteiger partial charge on any atom is -0.504 e. The van der Waals surface area contributed by atoms with Gasteiger partial charge in [-0.1, -0.05) is 24.3 Å². The molecular weight excluding hydrogens is 298 g/mol. The molecule has 3 N–H and O–H groups in total. The number of ether oxygens (including phenoxy) is 1. The summed E-state index contributed by atoms with van der Waals surface area (Å²) in [5, 5.41) is 25.1. The first-order valence-electron chi connectivity index (χ1n) is 6.87. The number of hydrogen-bond acceptors (Lipinski definition) is 4. The Labute approximate surface area is 129 Å². The van der Waals surface area contributed by atoms with Crippen LogP contribution >= 0.6 is 0 Å². The molecular formula is C17H11NO5. The fraction of sp³-hybridized carbons (Fsp3) is 0.0588. The maximum absolute atomic E-state index is 12.3. The summed E-state index contributed by atoms with van der Waals surface area (Å²) in [6.45, 7) is 0. The molecule has 3 aromatic rings. The number of aromatic hydroxyl groups is 1. The molecule has 1 amide bonds. The smallest absolute Gasteiger partial charge is 0.340 e. The number of phenols is 1. The van der Waals surface area contributed by atoms with Gasteiger partial charge in [0.25, 0.3) is 5.91 Å². The lowest BCUT2D eigenvalue weighted by Gasteiger charge is -2.14. The van der Waals surface area contributed by atoms with Crippen molar-refractivity contribution in [1.29, 1.82) is 0 Å². The minimum absolute atomic E-state index is 0.0356. The van der Waals surface area contributed by atoms with Crippen molar-refractivity contribution >= 4 is 39.1 Å². The van der Waals surface area contributed by atoms with Gasteiger partial charge in [0.05, 0.1) is 18.4 Å². The Hall–Kier alpha value is -3.28. The van der Waals surface area contributed by atoms with Gasteiger partial charge in [0.15, 0.2) is 11.5 Å². The first-order chi connectivity index (χ1) is 11.0. The van der Waals surface area contributed by atoms with Crippen LogP contribution in [-0.2, 0) is 0 Å². The fourth-order valence-electron chi connectivity index (χ4n) is 3.24. The second kappa shape index (κ2) is 4.36. The van der Waals surface area contributed by atoms with Crippen molar-refractivity contribution in [1.82, 2.24) is 0 Å². The molecule has 0 saturated carbocycles. The second-order valence-corrected chi connectivity index (χ2v) is 5.29. The molecule has 6 nitrogen and oxygen atoms in total. The molecule has 0 bridgehead atoms. The number of hydrogen-bond donors (Lipinski definition) is 3. The molecule has 1 heterocycles. The van der Waals surface area contributed by atoms with Crippen molar-refractivity contribution in [3.63, 3.8) is 0 Å². The van der Waals surface area contributed by atoms with Crippen LogP contribution in [0.25, 0.3) is 21.5 Å². The molecule has 0 aliphatic carbocycles. The van der Waals surface area contributed by atoms with Crippen molar-refractivity contribution in [2.45, 2.75) is 0 Å². The molecule has 0 spiro atoms. The van der Waals surface area contributed by atoms with Gasteiger partial charge in [-0.25, -0.2) is 4.79 Å². The fourth-order valence-corrected chi connectivity index (χ4v) is 3.24. The molecule has 4 rings (SSSR count). The Bertz CT molecular complexity index is 1040. The lowest BCUT2D eigenvalue weighted by molar-refractivity contribution is 0.0689. The molecule has 0 saturated heterocycles. The van der Waals surface area contributed by atoms with Crippen molar-refractivity contribution in [2.24, 2.45) is 0 Å². The number of carboxylic acids is 1. The van der Waals surface area contributed by atoms with Crippen LogP contribution in [0.1, 0.15) is 20.7 Å². The lowest BCUT2D eigenvalue weighted by atomic mass is 9.93. The van der Waals surface area contributed by atoms with E-state index in [0.29, 0.717) is 16.5 Å². The SMILES string of the molecule is COc1c(O)c(C(=O)O)c2c3c(cc4ccccc4c13)NC2=O. The van der Waals surface area contributed by atoms with Crippen molar-refractivity contribution in [3.8, 4) is 11.5 Å². The zero-order chi connectivity index (χ0) is 16.3. The van der Waals surface area contributed by atoms with E-state index in [1.54, 1.807) is 6.07 Å². The predicted octanol–water partition coefficient (Wildman–Crippen LogP) is 2.97. The third kappa shape index (κ3) is 1.57. The van der Waals surface area contributed by atoms with E-state index in [0.717, 1.165) is 10.8 Å². The Morgan fingerprint density at radius 3 is 2.65 bits per heavy atom. The van der Waals surface area contributed by atoms with Gasteiger partial charge in [-0.2, -0.15) is 0 Å². The average Bonchev–Trinajstić information content (AvgIpc) is 2.84. The number of benzene rings is 3. The summed E-state index contributed by atoms with van der Waals surface area (Å²) in [6.07, 6.45) is 0. The van der Waals surface area contributed by atoms with Gasteiger partial charge in [-0.05, 0) is 16.8 Å². The predicted molar refractivity (Wildman–Crippen MR) is 84.6 cm³/mol. The lowest BCUT2D eigenvalue weighted by Crippen LogP contribution is -2.11. The summed E-state index contributed by atoms with van der Waals surface area (Å²) < 4.78 is 5.28. The Morgan fingerprint density at radius 2 is 1.96 bits per heavy atom. The van der Waals surface area contributed by atoms with Crippen LogP contribution in [0.2, 0.25) is 0 Å². The van der Waals surface area contributed by atoms with E-state index < -0.39 is 23.2 Å². The van der Waals surface area contributed by atoms with Crippen LogP contribution < -0.4 is 10.1 Å². The standard InChI is InChI=1S/C17H11NO5/c1-23-15-10-8-5-3-2-4-7(8)6-9-11(10)12(16(20)18-9)13(14(15)19)17(21)22/h2-6,19H,1H3,(H,18,20)(H,21,22). The summed E-state index contributed by atoms with van der Waals surface area (Å²) >= 11 is 0. The van der Waals surface area contributed by atoms with E-state index in [1.165, 1.54) is 7.11 Å². The highest BCUT2D eigenvalue weighted by atomic mass is 16.5. The Morgan fingerprint density at radius 1 is 1.22 bits per heavy atom. The number of anilines is 1. The zero-order valence-electron chi connectivity index (χ0n) is 12.0. The number of carboxylic acid groups (broad SMARTS) is 1. The van der Waals surface area contributed by atoms with Crippen LogP contribution in [0.4, 0.5) is 5.69 Å². The topological polar surface area (TPSA) is 95.9 Å². The largest absolute Gasteiger partial charge is 0.504 e. The van der Waals surface area contributed by atoms with E-state index in [-0.39, 0.29) is 11.3 Å². The third-order valence-corrected chi connectivity index (χ3v) is 4.12. The van der Waals surface area contributed by atoms with Gasteiger partial charge in [0, 0.05) is 10.8 Å². The number of aromatic carboxylic acids is 1. The highest BCUT2D eigenvalue weighted by Gasteiger charge is 2.34. The monoisotopic (exact) mass is 309 g/mol. The minimum atomic E-state index is -1.38. The van der Waals surface area contributed by atoms with Gasteiger partial charge in [-0.3, -0.25) is 4.79 Å². The van der Waals surface area contributed by atoms with Crippen LogP contribution in [0.5, 0.6) is 11.5 Å². The summed E-state index contributed by atoms with van der Waals surface area (Å²) in [5.41, 5.74) is 0.0342. The quantitative estimate of drug-likeness (QED) is 0.632. The molecule has 0 atom stereocenters. The molecule has 0 unspecified atom stereocenters. The van der Waals surface area contributed by atoms with Gasteiger partial charge in [0.1, 0.15) is 5.56 Å². The average molecular weight is 309 g/mol. The molecule has 0 radical (unpaired) electrons. The highest BCUT2D eigenvalue weighted by Crippen LogP contribution is 2.49. The first-order valence-corrected chi connectivity index (χ1v) is 6.87. The number of carbonyl (C=O) groups is 2. The second-order valence-electron chi connectivity index (χ2n) is 5.29. The van der Waals surface area contributed by atoms with E-state index in [9.17, 15) is 19.8 Å². The van der Waals surface area contributed by atoms with Gasteiger partial charge >= 0.3 is 5.97 Å². The van der Waals surface area contributed by atoms with Gasteiger partial charge in [-0.15, -0.1) is 0 Å². The van der Waals surface area contributed by atoms with Crippen molar-refractivity contribution in [2.75, 3.05) is 12.4 Å². The number of carbonyl (C=O) groups excluding carboxylic acids is 1. The number of fused-ring (bicyclic) bond motifs is 2. The van der Waals surface area contributed by atoms with Crippen LogP contribution in [0.3, 0.4) is 0 Å². The summed E-state index contributed by atoms with van der Waals surface area (Å²) in [5.74, 6) is -2.41. The molecule has 0 aromatic heterocycles. The molecule has 0 fully saturated rings. The number of rotatable bonds is 2. The Balaban J connectivity index is 2.37. The van der Waals surface area contributed by atoms with E-state index in [1.807, 2.05) is 24.3 Å². The van der Waals surface area contributed by atoms with E-state index >= 15 is 0 Å².